The zero-order chi connectivity index (χ0) is 30.1. The molecule has 0 bridgehead atoms. The molecule has 0 saturated carbocycles. The summed E-state index contributed by atoms with van der Waals surface area (Å²) in [4.78, 5) is 13.5. The van der Waals surface area contributed by atoms with Crippen molar-refractivity contribution in [1.29, 1.82) is 0 Å². The van der Waals surface area contributed by atoms with Crippen molar-refractivity contribution in [3.05, 3.63) is 95.1 Å². The Morgan fingerprint density at radius 3 is 2.05 bits per heavy atom. The summed E-state index contributed by atoms with van der Waals surface area (Å²) in [7, 11) is 0. The van der Waals surface area contributed by atoms with Gasteiger partial charge in [-0.1, -0.05) is 52.3 Å². The van der Waals surface area contributed by atoms with Crippen LogP contribution in [0.25, 0.3) is 16.9 Å². The molecule has 0 atom stereocenters. The van der Waals surface area contributed by atoms with Gasteiger partial charge in [0.1, 0.15) is 18.1 Å². The first kappa shape index (κ1) is 32.3. The molecule has 0 saturated heterocycles. The van der Waals surface area contributed by atoms with Crippen molar-refractivity contribution in [3.63, 3.8) is 0 Å². The number of carbonyl (C=O) groups excluding carboxylic acids is 1. The molecule has 1 heterocycles. The molecule has 0 aliphatic carbocycles. The second-order valence-corrected chi connectivity index (χ2v) is 10.2. The van der Waals surface area contributed by atoms with Gasteiger partial charge >= 0.3 is 0 Å². The number of carbonyl (C=O) groups is 1. The molecular formula is C32H37BrN4O6. The van der Waals surface area contributed by atoms with Gasteiger partial charge in [0.05, 0.1) is 64.1 Å². The van der Waals surface area contributed by atoms with Crippen LogP contribution in [0.15, 0.2) is 89.5 Å². The smallest absolute Gasteiger partial charge is 0.259 e. The predicted octanol–water partition coefficient (Wildman–Crippen LogP) is 4.96. The highest BCUT2D eigenvalue weighted by Gasteiger charge is 2.19. The Morgan fingerprint density at radius 2 is 1.40 bits per heavy atom. The monoisotopic (exact) mass is 652 g/mol. The van der Waals surface area contributed by atoms with E-state index in [0.717, 1.165) is 15.7 Å². The number of hydrogen-bond acceptors (Lipinski definition) is 8. The molecule has 0 radical (unpaired) electrons. The summed E-state index contributed by atoms with van der Waals surface area (Å²) in [6, 6.07) is 24.7. The van der Waals surface area contributed by atoms with E-state index < -0.39 is 0 Å². The Bertz CT molecular complexity index is 1380. The number of hydrogen-bond donors (Lipinski definition) is 2. The van der Waals surface area contributed by atoms with Crippen LogP contribution in [-0.4, -0.2) is 81.7 Å². The third kappa shape index (κ3) is 10.9. The first-order valence-corrected chi connectivity index (χ1v) is 14.9. The van der Waals surface area contributed by atoms with Gasteiger partial charge in [-0.05, 0) is 36.4 Å². The molecule has 0 unspecified atom stereocenters. The lowest BCUT2D eigenvalue weighted by Crippen LogP contribution is -2.15. The van der Waals surface area contributed by atoms with Crippen molar-refractivity contribution in [2.24, 2.45) is 5.73 Å². The topological polar surface area (TPSA) is 119 Å². The van der Waals surface area contributed by atoms with Crippen molar-refractivity contribution in [1.82, 2.24) is 9.78 Å². The first-order valence-electron chi connectivity index (χ1n) is 14.1. The number of nitrogens with one attached hydrogen (secondary N) is 1. The van der Waals surface area contributed by atoms with Gasteiger partial charge < -0.3 is 34.7 Å². The fourth-order valence-corrected chi connectivity index (χ4v) is 4.26. The number of rotatable bonds is 19. The minimum absolute atomic E-state index is 0.272. The largest absolute Gasteiger partial charge is 0.491 e. The molecule has 0 fully saturated rings. The van der Waals surface area contributed by atoms with Gasteiger partial charge in [0, 0.05) is 34.5 Å². The van der Waals surface area contributed by atoms with Crippen molar-refractivity contribution in [2.45, 2.75) is 0 Å². The van der Waals surface area contributed by atoms with Crippen LogP contribution in [0, 0.1) is 0 Å². The number of ether oxygens (including phenoxy) is 5. The van der Waals surface area contributed by atoms with Gasteiger partial charge in [-0.3, -0.25) is 4.79 Å². The van der Waals surface area contributed by atoms with Crippen molar-refractivity contribution in [2.75, 3.05) is 71.3 Å². The van der Waals surface area contributed by atoms with E-state index in [4.69, 9.17) is 34.5 Å². The van der Waals surface area contributed by atoms with Crippen LogP contribution in [0.2, 0.25) is 0 Å². The zero-order valence-corrected chi connectivity index (χ0v) is 25.5. The fourth-order valence-electron chi connectivity index (χ4n) is 4.00. The molecule has 0 aliphatic heterocycles. The van der Waals surface area contributed by atoms with Crippen LogP contribution < -0.4 is 15.8 Å². The molecule has 1 aromatic heterocycles. The molecule has 4 rings (SSSR count). The highest BCUT2D eigenvalue weighted by atomic mass is 79.9. The summed E-state index contributed by atoms with van der Waals surface area (Å²) < 4.78 is 30.2. The molecule has 43 heavy (non-hydrogen) atoms. The average molecular weight is 654 g/mol. The van der Waals surface area contributed by atoms with Crippen LogP contribution in [-0.2, 0) is 18.9 Å². The molecule has 4 aromatic rings. The van der Waals surface area contributed by atoms with E-state index in [1.54, 1.807) is 16.9 Å². The fraction of sp³-hybridized carbons (Fsp3) is 0.312. The van der Waals surface area contributed by atoms with E-state index in [9.17, 15) is 4.79 Å². The van der Waals surface area contributed by atoms with Gasteiger partial charge in [-0.2, -0.15) is 5.10 Å². The van der Waals surface area contributed by atoms with Crippen molar-refractivity contribution in [3.8, 4) is 22.7 Å². The first-order chi connectivity index (χ1) is 21.1. The van der Waals surface area contributed by atoms with Crippen LogP contribution in [0.1, 0.15) is 10.4 Å². The number of para-hydroxylation sites is 1. The number of nitrogens with two attached hydrogens (primary N) is 1. The summed E-state index contributed by atoms with van der Waals surface area (Å²) in [5, 5.41) is 7.73. The Balaban J connectivity index is 1.23. The van der Waals surface area contributed by atoms with E-state index >= 15 is 0 Å². The van der Waals surface area contributed by atoms with Gasteiger partial charge in [-0.25, -0.2) is 4.68 Å². The molecule has 228 valence electrons. The standard InChI is InChI=1S/C32H37BrN4O6/c33-26-11-9-25(10-12-26)31-30(24-37(36-31)28-6-2-1-3-7-28)32(38)35-27-5-4-8-29(23-27)43-22-21-42-20-19-41-18-17-40-16-15-39-14-13-34/h1-12,23-24H,13-22,34H2,(H,35,38). The average Bonchev–Trinajstić information content (AvgIpc) is 3.48. The normalized spacial score (nSPS) is 11.0. The lowest BCUT2D eigenvalue weighted by Gasteiger charge is -2.10. The SMILES string of the molecule is NCCOCCOCCOCCOCCOc1cccc(NC(=O)c2cn(-c3ccccc3)nc2-c2ccc(Br)cc2)c1. The number of aromatic nitrogens is 2. The number of benzene rings is 3. The van der Waals surface area contributed by atoms with Gasteiger partial charge in [-0.15, -0.1) is 0 Å². The van der Waals surface area contributed by atoms with Crippen LogP contribution in [0.3, 0.4) is 0 Å². The minimum atomic E-state index is -0.272. The maximum Gasteiger partial charge on any atom is 0.259 e. The summed E-state index contributed by atoms with van der Waals surface area (Å²) >= 11 is 3.47. The molecular weight excluding hydrogens is 616 g/mol. The number of amides is 1. The third-order valence-electron chi connectivity index (χ3n) is 6.06. The third-order valence-corrected chi connectivity index (χ3v) is 6.59. The number of anilines is 1. The quantitative estimate of drug-likeness (QED) is 0.137. The zero-order valence-electron chi connectivity index (χ0n) is 24.0. The molecule has 0 aliphatic rings. The Kier molecular flexibility index (Phi) is 13.7. The van der Waals surface area contributed by atoms with Crippen molar-refractivity contribution >= 4 is 27.5 Å². The van der Waals surface area contributed by atoms with Crippen LogP contribution >= 0.6 is 15.9 Å². The van der Waals surface area contributed by atoms with E-state index in [-0.39, 0.29) is 5.91 Å². The maximum atomic E-state index is 13.5. The minimum Gasteiger partial charge on any atom is -0.491 e. The summed E-state index contributed by atoms with van der Waals surface area (Å²) in [5.74, 6) is 0.351. The van der Waals surface area contributed by atoms with Crippen molar-refractivity contribution < 1.29 is 28.5 Å². The van der Waals surface area contributed by atoms with E-state index in [2.05, 4.69) is 21.2 Å². The highest BCUT2D eigenvalue weighted by molar-refractivity contribution is 9.10. The highest BCUT2D eigenvalue weighted by Crippen LogP contribution is 2.27. The number of halogens is 1. The summed E-state index contributed by atoms with van der Waals surface area (Å²) in [5.41, 5.74) is 8.70. The maximum absolute atomic E-state index is 13.5. The Hall–Kier alpha value is -3.58. The van der Waals surface area contributed by atoms with Gasteiger partial charge in [0.15, 0.2) is 0 Å². The lowest BCUT2D eigenvalue weighted by atomic mass is 10.1. The second kappa shape index (κ2) is 18.2. The van der Waals surface area contributed by atoms with Crippen LogP contribution in [0.4, 0.5) is 5.69 Å². The molecule has 3 N–H and O–H groups in total. The molecule has 0 spiro atoms. The predicted molar refractivity (Wildman–Crippen MR) is 169 cm³/mol. The van der Waals surface area contributed by atoms with Gasteiger partial charge in [0.25, 0.3) is 5.91 Å². The Labute approximate surface area is 260 Å². The number of nitrogens with zero attached hydrogens (tertiary/aromatic N) is 2. The second-order valence-electron chi connectivity index (χ2n) is 9.25. The lowest BCUT2D eigenvalue weighted by molar-refractivity contribution is -0.00386. The summed E-state index contributed by atoms with van der Waals surface area (Å²) in [6.07, 6.45) is 1.75. The molecule has 10 nitrogen and oxygen atoms in total. The molecule has 1 amide bonds. The summed E-state index contributed by atoms with van der Waals surface area (Å²) in [6.45, 7) is 4.80. The van der Waals surface area contributed by atoms with Crippen LogP contribution in [0.5, 0.6) is 5.75 Å². The molecule has 3 aromatic carbocycles. The Morgan fingerprint density at radius 1 is 0.767 bits per heavy atom. The van der Waals surface area contributed by atoms with E-state index in [1.165, 1.54) is 0 Å². The van der Waals surface area contributed by atoms with E-state index in [1.807, 2.05) is 72.8 Å². The van der Waals surface area contributed by atoms with Gasteiger partial charge in [0.2, 0.25) is 0 Å². The molecule has 11 heteroatoms. The van der Waals surface area contributed by atoms with E-state index in [0.29, 0.717) is 88.7 Å².